The lowest BCUT2D eigenvalue weighted by Crippen LogP contribution is -2.39. The van der Waals surface area contributed by atoms with Gasteiger partial charge in [0.05, 0.1) is 0 Å². The first-order valence-corrected chi connectivity index (χ1v) is 6.66. The molecule has 0 aliphatic heterocycles. The number of rotatable bonds is 6. The molecule has 0 aliphatic carbocycles. The maximum atomic E-state index is 12.0. The largest absolute Gasteiger partial charge is 0.480 e. The maximum Gasteiger partial charge on any atom is 0.319 e. The molecule has 0 fully saturated rings. The highest BCUT2D eigenvalue weighted by atomic mass is 32.2. The zero-order valence-corrected chi connectivity index (χ0v) is 10.7. The van der Waals surface area contributed by atoms with Crippen molar-refractivity contribution in [3.8, 4) is 0 Å². The highest BCUT2D eigenvalue weighted by molar-refractivity contribution is 7.87. The molecule has 0 saturated heterocycles. The number of nitrogens with two attached hydrogens (primary N) is 1. The van der Waals surface area contributed by atoms with E-state index in [0.717, 1.165) is 5.56 Å². The molecule has 0 aliphatic rings. The summed E-state index contributed by atoms with van der Waals surface area (Å²) in [4.78, 5) is 22.1. The van der Waals surface area contributed by atoms with Gasteiger partial charge in [-0.05, 0) is 18.9 Å². The molecule has 3 unspecified atom stereocenters. The molecule has 0 saturated carbocycles. The van der Waals surface area contributed by atoms with Gasteiger partial charge in [0.2, 0.25) is 5.91 Å². The standard InChI is InChI=1S/C12H15NO4S/c1-8(11(13)14)18(17)10(12(15)16)7-9-5-3-2-4-6-9/h2-6,8,10H,7H2,1H3,(H2,13,14)(H,15,16). The second-order valence-corrected chi connectivity index (χ2v) is 5.82. The van der Waals surface area contributed by atoms with Crippen molar-refractivity contribution in [2.24, 2.45) is 5.73 Å². The van der Waals surface area contributed by atoms with Crippen LogP contribution in [-0.2, 0) is 26.8 Å². The molecular formula is C12H15NO4S. The Balaban J connectivity index is 2.87. The number of hydrogen-bond donors (Lipinski definition) is 2. The maximum absolute atomic E-state index is 12.0. The van der Waals surface area contributed by atoms with Gasteiger partial charge in [-0.3, -0.25) is 13.8 Å². The van der Waals surface area contributed by atoms with E-state index in [9.17, 15) is 13.8 Å². The number of hydrogen-bond acceptors (Lipinski definition) is 3. The molecule has 18 heavy (non-hydrogen) atoms. The molecule has 1 amide bonds. The van der Waals surface area contributed by atoms with Crippen LogP contribution < -0.4 is 5.73 Å². The van der Waals surface area contributed by atoms with Gasteiger partial charge >= 0.3 is 5.97 Å². The smallest absolute Gasteiger partial charge is 0.319 e. The predicted octanol–water partition coefficient (Wildman–Crippen LogP) is 0.305. The van der Waals surface area contributed by atoms with E-state index in [2.05, 4.69) is 0 Å². The van der Waals surface area contributed by atoms with Crippen molar-refractivity contribution in [2.75, 3.05) is 0 Å². The van der Waals surface area contributed by atoms with Gasteiger partial charge in [0, 0.05) is 10.8 Å². The summed E-state index contributed by atoms with van der Waals surface area (Å²) in [6.07, 6.45) is 0.112. The SMILES string of the molecule is CC(C(N)=O)S(=O)C(Cc1ccccc1)C(=O)O. The van der Waals surface area contributed by atoms with Gasteiger partial charge in [-0.15, -0.1) is 0 Å². The van der Waals surface area contributed by atoms with Crippen molar-refractivity contribution in [2.45, 2.75) is 23.8 Å². The molecule has 1 rings (SSSR count). The van der Waals surface area contributed by atoms with Gasteiger partial charge in [0.1, 0.15) is 10.5 Å². The van der Waals surface area contributed by atoms with E-state index < -0.39 is 33.2 Å². The average Bonchev–Trinajstić information content (AvgIpc) is 2.35. The molecular weight excluding hydrogens is 254 g/mol. The fourth-order valence-electron chi connectivity index (χ4n) is 1.46. The third-order valence-corrected chi connectivity index (χ3v) is 4.43. The van der Waals surface area contributed by atoms with Crippen LogP contribution in [0.5, 0.6) is 0 Å². The fraction of sp³-hybridized carbons (Fsp3) is 0.333. The van der Waals surface area contributed by atoms with E-state index in [1.54, 1.807) is 24.3 Å². The number of carbonyl (C=O) groups is 2. The summed E-state index contributed by atoms with van der Waals surface area (Å²) in [7, 11) is -1.84. The van der Waals surface area contributed by atoms with Gasteiger partial charge in [-0.2, -0.15) is 0 Å². The number of aliphatic carboxylic acids is 1. The first-order valence-electron chi connectivity index (χ1n) is 5.39. The number of carboxylic acids is 1. The average molecular weight is 269 g/mol. The summed E-state index contributed by atoms with van der Waals surface area (Å²) in [5.74, 6) is -1.95. The molecule has 3 N–H and O–H groups in total. The van der Waals surface area contributed by atoms with E-state index in [0.29, 0.717) is 0 Å². The Kier molecular flexibility index (Phi) is 5.03. The van der Waals surface area contributed by atoms with Crippen molar-refractivity contribution in [3.63, 3.8) is 0 Å². The quantitative estimate of drug-likeness (QED) is 0.776. The summed E-state index contributed by atoms with van der Waals surface area (Å²) in [5.41, 5.74) is 5.80. The topological polar surface area (TPSA) is 97.5 Å². The summed E-state index contributed by atoms with van der Waals surface area (Å²) >= 11 is 0. The molecule has 0 aromatic heterocycles. The van der Waals surface area contributed by atoms with E-state index in [4.69, 9.17) is 10.8 Å². The zero-order chi connectivity index (χ0) is 13.7. The zero-order valence-electron chi connectivity index (χ0n) is 9.91. The van der Waals surface area contributed by atoms with Crippen molar-refractivity contribution in [1.29, 1.82) is 0 Å². The molecule has 98 valence electrons. The molecule has 6 heteroatoms. The second-order valence-electron chi connectivity index (χ2n) is 3.89. The van der Waals surface area contributed by atoms with Crippen LogP contribution in [0.3, 0.4) is 0 Å². The monoisotopic (exact) mass is 269 g/mol. The van der Waals surface area contributed by atoms with Gasteiger partial charge in [-0.1, -0.05) is 30.3 Å². The predicted molar refractivity (Wildman–Crippen MR) is 68.4 cm³/mol. The first-order chi connectivity index (χ1) is 8.43. The summed E-state index contributed by atoms with van der Waals surface area (Å²) in [6.45, 7) is 1.37. The van der Waals surface area contributed by atoms with Crippen LogP contribution in [-0.4, -0.2) is 31.7 Å². The Morgan fingerprint density at radius 3 is 2.33 bits per heavy atom. The molecule has 0 spiro atoms. The molecule has 0 bridgehead atoms. The van der Waals surface area contributed by atoms with Crippen LogP contribution in [0.1, 0.15) is 12.5 Å². The van der Waals surface area contributed by atoms with Gasteiger partial charge in [-0.25, -0.2) is 0 Å². The Morgan fingerprint density at radius 2 is 1.89 bits per heavy atom. The molecule has 0 heterocycles. The molecule has 1 aromatic rings. The third-order valence-electron chi connectivity index (χ3n) is 2.57. The van der Waals surface area contributed by atoms with Crippen molar-refractivity contribution >= 4 is 22.7 Å². The Morgan fingerprint density at radius 1 is 1.33 bits per heavy atom. The van der Waals surface area contributed by atoms with Crippen LogP contribution in [0.2, 0.25) is 0 Å². The molecule has 0 radical (unpaired) electrons. The number of carboxylic acid groups (broad SMARTS) is 1. The Labute approximate surface area is 107 Å². The van der Waals surface area contributed by atoms with Crippen LogP contribution in [0.25, 0.3) is 0 Å². The van der Waals surface area contributed by atoms with Crippen LogP contribution in [0.4, 0.5) is 0 Å². The Hall–Kier alpha value is -1.69. The number of carbonyl (C=O) groups excluding carboxylic acids is 1. The lowest BCUT2D eigenvalue weighted by atomic mass is 10.1. The van der Waals surface area contributed by atoms with Gasteiger partial charge < -0.3 is 10.8 Å². The summed E-state index contributed by atoms with van der Waals surface area (Å²) in [5, 5.41) is 6.98. The van der Waals surface area contributed by atoms with Crippen molar-refractivity contribution < 1.29 is 18.9 Å². The minimum absolute atomic E-state index is 0.112. The number of benzene rings is 1. The minimum atomic E-state index is -1.84. The van der Waals surface area contributed by atoms with Gasteiger partial charge in [0.25, 0.3) is 0 Å². The normalized spacial score (nSPS) is 15.6. The van der Waals surface area contributed by atoms with E-state index in [1.807, 2.05) is 6.07 Å². The van der Waals surface area contributed by atoms with E-state index in [-0.39, 0.29) is 6.42 Å². The fourth-order valence-corrected chi connectivity index (χ4v) is 2.74. The molecule has 3 atom stereocenters. The number of primary amides is 1. The first kappa shape index (κ1) is 14.4. The lowest BCUT2D eigenvalue weighted by Gasteiger charge is -2.15. The van der Waals surface area contributed by atoms with Crippen molar-refractivity contribution in [1.82, 2.24) is 0 Å². The molecule has 1 aromatic carbocycles. The van der Waals surface area contributed by atoms with E-state index >= 15 is 0 Å². The van der Waals surface area contributed by atoms with E-state index in [1.165, 1.54) is 6.92 Å². The van der Waals surface area contributed by atoms with Crippen LogP contribution in [0.15, 0.2) is 30.3 Å². The summed E-state index contributed by atoms with van der Waals surface area (Å²) in [6, 6.07) is 8.86. The highest BCUT2D eigenvalue weighted by Gasteiger charge is 2.31. The van der Waals surface area contributed by atoms with Gasteiger partial charge in [0.15, 0.2) is 0 Å². The van der Waals surface area contributed by atoms with Crippen molar-refractivity contribution in [3.05, 3.63) is 35.9 Å². The Bertz CT molecular complexity index is 460. The second kappa shape index (κ2) is 6.30. The highest BCUT2D eigenvalue weighted by Crippen LogP contribution is 2.12. The minimum Gasteiger partial charge on any atom is -0.480 e. The summed E-state index contributed by atoms with van der Waals surface area (Å²) < 4.78 is 12.0. The number of amides is 1. The van der Waals surface area contributed by atoms with Crippen LogP contribution >= 0.6 is 0 Å². The van der Waals surface area contributed by atoms with Crippen LogP contribution in [0, 0.1) is 0 Å². The lowest BCUT2D eigenvalue weighted by molar-refractivity contribution is -0.136. The third kappa shape index (κ3) is 3.66. The molecule has 5 nitrogen and oxygen atoms in total.